The van der Waals surface area contributed by atoms with E-state index in [1.54, 1.807) is 18.2 Å². The van der Waals surface area contributed by atoms with E-state index in [1.165, 1.54) is 11.0 Å². The Labute approximate surface area is 110 Å². The van der Waals surface area contributed by atoms with Crippen molar-refractivity contribution in [1.29, 1.82) is 0 Å². The van der Waals surface area contributed by atoms with Crippen LogP contribution in [0.4, 0.5) is 16.2 Å². The molecule has 0 radical (unpaired) electrons. The number of likely N-dealkylation sites (tertiary alicyclic amines) is 1. The van der Waals surface area contributed by atoms with Crippen LogP contribution < -0.4 is 5.32 Å². The summed E-state index contributed by atoms with van der Waals surface area (Å²) >= 11 is 0. The first kappa shape index (κ1) is 13.1. The molecule has 0 aromatic heterocycles. The Kier molecular flexibility index (Phi) is 3.84. The van der Waals surface area contributed by atoms with Crippen LogP contribution in [0.15, 0.2) is 24.3 Å². The van der Waals surface area contributed by atoms with E-state index in [0.717, 1.165) is 0 Å². The average Bonchev–Trinajstić information content (AvgIpc) is 2.39. The van der Waals surface area contributed by atoms with Gasteiger partial charge in [0.25, 0.3) is 5.69 Å². The number of carboxylic acid groups (broad SMARTS) is 1. The maximum Gasteiger partial charge on any atom is 0.407 e. The molecule has 0 saturated carbocycles. The van der Waals surface area contributed by atoms with Crippen molar-refractivity contribution in [2.45, 2.75) is 18.9 Å². The summed E-state index contributed by atoms with van der Waals surface area (Å²) in [6, 6.07) is 6.55. The van der Waals surface area contributed by atoms with Crippen molar-refractivity contribution in [2.24, 2.45) is 0 Å². The number of para-hydroxylation sites is 2. The lowest BCUT2D eigenvalue weighted by atomic mass is 10.0. The van der Waals surface area contributed by atoms with Crippen LogP contribution in [0.25, 0.3) is 0 Å². The number of nitrogens with zero attached hydrogens (tertiary/aromatic N) is 2. The highest BCUT2D eigenvalue weighted by molar-refractivity contribution is 5.65. The molecule has 0 unspecified atom stereocenters. The van der Waals surface area contributed by atoms with Crippen LogP contribution in [-0.4, -0.2) is 40.2 Å². The fourth-order valence-corrected chi connectivity index (χ4v) is 2.19. The zero-order valence-electron chi connectivity index (χ0n) is 10.3. The van der Waals surface area contributed by atoms with Gasteiger partial charge in [0.15, 0.2) is 0 Å². The molecule has 1 aromatic rings. The third-order valence-corrected chi connectivity index (χ3v) is 3.23. The predicted molar refractivity (Wildman–Crippen MR) is 69.3 cm³/mol. The molecule has 19 heavy (non-hydrogen) atoms. The van der Waals surface area contributed by atoms with E-state index >= 15 is 0 Å². The second-order valence-electron chi connectivity index (χ2n) is 4.46. The van der Waals surface area contributed by atoms with E-state index in [9.17, 15) is 14.9 Å². The van der Waals surface area contributed by atoms with E-state index in [4.69, 9.17) is 5.11 Å². The number of nitro benzene ring substituents is 1. The summed E-state index contributed by atoms with van der Waals surface area (Å²) in [5.74, 6) is 0. The Bertz CT molecular complexity index is 484. The molecule has 7 nitrogen and oxygen atoms in total. The molecule has 0 spiro atoms. The Morgan fingerprint density at radius 3 is 2.58 bits per heavy atom. The molecule has 1 amide bonds. The summed E-state index contributed by atoms with van der Waals surface area (Å²) in [5.41, 5.74) is 0.532. The fourth-order valence-electron chi connectivity index (χ4n) is 2.19. The van der Waals surface area contributed by atoms with Gasteiger partial charge in [-0.1, -0.05) is 12.1 Å². The maximum atomic E-state index is 10.9. The Morgan fingerprint density at radius 2 is 2.00 bits per heavy atom. The molecule has 1 aliphatic heterocycles. The topological polar surface area (TPSA) is 95.7 Å². The Morgan fingerprint density at radius 1 is 1.37 bits per heavy atom. The van der Waals surface area contributed by atoms with Crippen molar-refractivity contribution in [2.75, 3.05) is 18.4 Å². The summed E-state index contributed by atoms with van der Waals surface area (Å²) in [7, 11) is 0. The number of nitrogens with one attached hydrogen (secondary N) is 1. The van der Waals surface area contributed by atoms with E-state index < -0.39 is 11.0 Å². The summed E-state index contributed by atoms with van der Waals surface area (Å²) in [4.78, 5) is 22.6. The molecule has 1 aromatic carbocycles. The smallest absolute Gasteiger partial charge is 0.407 e. The molecule has 2 N–H and O–H groups in total. The number of carbonyl (C=O) groups is 1. The highest BCUT2D eigenvalue weighted by Gasteiger charge is 2.23. The summed E-state index contributed by atoms with van der Waals surface area (Å²) < 4.78 is 0. The third-order valence-electron chi connectivity index (χ3n) is 3.23. The molecule has 0 atom stereocenters. The van der Waals surface area contributed by atoms with Crippen molar-refractivity contribution in [3.05, 3.63) is 34.4 Å². The van der Waals surface area contributed by atoms with Crippen LogP contribution in [0.2, 0.25) is 0 Å². The van der Waals surface area contributed by atoms with E-state index in [1.807, 2.05) is 0 Å². The summed E-state index contributed by atoms with van der Waals surface area (Å²) in [6.45, 7) is 0.904. The van der Waals surface area contributed by atoms with Gasteiger partial charge in [0.05, 0.1) is 4.92 Å². The second kappa shape index (κ2) is 5.55. The number of amides is 1. The monoisotopic (exact) mass is 265 g/mol. The van der Waals surface area contributed by atoms with Crippen molar-refractivity contribution in [1.82, 2.24) is 4.90 Å². The van der Waals surface area contributed by atoms with E-state index in [2.05, 4.69) is 5.32 Å². The highest BCUT2D eigenvalue weighted by atomic mass is 16.6. The lowest BCUT2D eigenvalue weighted by Gasteiger charge is -2.30. The molecule has 0 aliphatic carbocycles. The molecule has 1 heterocycles. The molecular weight excluding hydrogens is 250 g/mol. The van der Waals surface area contributed by atoms with Crippen LogP contribution in [-0.2, 0) is 0 Å². The van der Waals surface area contributed by atoms with Crippen molar-refractivity contribution < 1.29 is 14.8 Å². The molecule has 1 aliphatic rings. The number of anilines is 1. The van der Waals surface area contributed by atoms with Gasteiger partial charge in [-0.2, -0.15) is 0 Å². The van der Waals surface area contributed by atoms with Crippen molar-refractivity contribution in [3.8, 4) is 0 Å². The van der Waals surface area contributed by atoms with Gasteiger partial charge in [0, 0.05) is 25.2 Å². The number of piperidine rings is 1. The number of hydrogen-bond donors (Lipinski definition) is 2. The average molecular weight is 265 g/mol. The fraction of sp³-hybridized carbons (Fsp3) is 0.417. The SMILES string of the molecule is O=C(O)N1CCC(Nc2ccccc2[N+](=O)[O-])CC1. The predicted octanol–water partition coefficient (Wildman–Crippen LogP) is 2.15. The first-order valence-corrected chi connectivity index (χ1v) is 6.06. The number of nitro groups is 1. The standard InChI is InChI=1S/C12H15N3O4/c16-12(17)14-7-5-9(6-8-14)13-10-3-1-2-4-11(10)15(18)19/h1-4,9,13H,5-8H2,(H,16,17). The quantitative estimate of drug-likeness (QED) is 0.644. The van der Waals surface area contributed by atoms with Crippen molar-refractivity contribution >= 4 is 17.5 Å². The zero-order chi connectivity index (χ0) is 13.8. The van der Waals surface area contributed by atoms with Crippen LogP contribution in [0.3, 0.4) is 0 Å². The van der Waals surface area contributed by atoms with Gasteiger partial charge in [0.2, 0.25) is 0 Å². The Hall–Kier alpha value is -2.31. The van der Waals surface area contributed by atoms with Crippen molar-refractivity contribution in [3.63, 3.8) is 0 Å². The molecular formula is C12H15N3O4. The normalized spacial score (nSPS) is 16.1. The minimum absolute atomic E-state index is 0.0446. The second-order valence-corrected chi connectivity index (χ2v) is 4.46. The maximum absolute atomic E-state index is 10.9. The van der Waals surface area contributed by atoms with Crippen LogP contribution in [0, 0.1) is 10.1 Å². The molecule has 2 rings (SSSR count). The largest absolute Gasteiger partial charge is 0.465 e. The van der Waals surface area contributed by atoms with Gasteiger partial charge in [-0.05, 0) is 18.9 Å². The molecule has 0 bridgehead atoms. The van der Waals surface area contributed by atoms with E-state index in [-0.39, 0.29) is 11.7 Å². The zero-order valence-corrected chi connectivity index (χ0v) is 10.3. The number of hydrogen-bond acceptors (Lipinski definition) is 4. The first-order valence-electron chi connectivity index (χ1n) is 6.06. The van der Waals surface area contributed by atoms with Gasteiger partial charge >= 0.3 is 6.09 Å². The Balaban J connectivity index is 2.00. The van der Waals surface area contributed by atoms with Gasteiger partial charge in [0.1, 0.15) is 5.69 Å². The third kappa shape index (κ3) is 3.12. The molecule has 1 saturated heterocycles. The number of benzene rings is 1. The lowest BCUT2D eigenvalue weighted by molar-refractivity contribution is -0.384. The van der Waals surface area contributed by atoms with Crippen LogP contribution >= 0.6 is 0 Å². The number of rotatable bonds is 3. The van der Waals surface area contributed by atoms with Gasteiger partial charge in [-0.3, -0.25) is 10.1 Å². The van der Waals surface area contributed by atoms with Gasteiger partial charge in [-0.25, -0.2) is 4.79 Å². The summed E-state index contributed by atoms with van der Waals surface area (Å²) in [5, 5.41) is 22.9. The minimum Gasteiger partial charge on any atom is -0.465 e. The van der Waals surface area contributed by atoms with E-state index in [0.29, 0.717) is 31.6 Å². The molecule has 1 fully saturated rings. The van der Waals surface area contributed by atoms with Crippen LogP contribution in [0.1, 0.15) is 12.8 Å². The van der Waals surface area contributed by atoms with Crippen LogP contribution in [0.5, 0.6) is 0 Å². The molecule has 102 valence electrons. The van der Waals surface area contributed by atoms with Gasteiger partial charge in [-0.15, -0.1) is 0 Å². The van der Waals surface area contributed by atoms with Gasteiger partial charge < -0.3 is 15.3 Å². The highest BCUT2D eigenvalue weighted by Crippen LogP contribution is 2.26. The minimum atomic E-state index is -0.913. The summed E-state index contributed by atoms with van der Waals surface area (Å²) in [6.07, 6.45) is 0.389. The first-order chi connectivity index (χ1) is 9.08. The lowest BCUT2D eigenvalue weighted by Crippen LogP contribution is -2.41. The molecule has 7 heteroatoms.